The third-order valence-electron chi connectivity index (χ3n) is 5.82. The van der Waals surface area contributed by atoms with E-state index in [4.69, 9.17) is 18.9 Å². The van der Waals surface area contributed by atoms with Crippen molar-refractivity contribution in [3.63, 3.8) is 0 Å². The average molecular weight is 481 g/mol. The largest absolute Gasteiger partial charge is 0.454 e. The number of ether oxygens (including phenoxy) is 4. The van der Waals surface area contributed by atoms with E-state index in [1.807, 2.05) is 36.4 Å². The van der Waals surface area contributed by atoms with Gasteiger partial charge in [-0.15, -0.1) is 0 Å². The molecule has 0 aliphatic carbocycles. The summed E-state index contributed by atoms with van der Waals surface area (Å²) in [6.45, 7) is 8.63. The lowest BCUT2D eigenvalue weighted by Crippen LogP contribution is -2.45. The summed E-state index contributed by atoms with van der Waals surface area (Å²) in [6, 6.07) is 19.8. The molecule has 1 saturated heterocycles. The molecule has 0 amide bonds. The van der Waals surface area contributed by atoms with Crippen molar-refractivity contribution in [2.24, 2.45) is 5.10 Å². The molecular weight excluding hydrogens is 444 g/mol. The van der Waals surface area contributed by atoms with Crippen molar-refractivity contribution >= 4 is 12.7 Å². The molecule has 1 N–H and O–H groups in total. The van der Waals surface area contributed by atoms with Gasteiger partial charge in [0.15, 0.2) is 6.04 Å². The number of hydrogen-bond acceptors (Lipinski definition) is 7. The van der Waals surface area contributed by atoms with Crippen molar-refractivity contribution < 1.29 is 23.7 Å². The van der Waals surface area contributed by atoms with Gasteiger partial charge in [0.2, 0.25) is 0 Å². The average Bonchev–Trinajstić information content (AvgIpc) is 2.95. The van der Waals surface area contributed by atoms with E-state index in [1.165, 1.54) is 11.1 Å². The predicted molar refractivity (Wildman–Crippen MR) is 136 cm³/mol. The zero-order valence-electron chi connectivity index (χ0n) is 20.2. The van der Waals surface area contributed by atoms with E-state index >= 15 is 0 Å². The Hall–Kier alpha value is -3.00. The van der Waals surface area contributed by atoms with Crippen LogP contribution < -0.4 is 5.43 Å². The Morgan fingerprint density at radius 1 is 0.943 bits per heavy atom. The Balaban J connectivity index is 1.63. The van der Waals surface area contributed by atoms with Crippen LogP contribution in [0.1, 0.15) is 24.0 Å². The summed E-state index contributed by atoms with van der Waals surface area (Å²) in [7, 11) is 0. The van der Waals surface area contributed by atoms with Crippen LogP contribution in [0.4, 0.5) is 0 Å². The molecule has 1 heterocycles. The van der Waals surface area contributed by atoms with Crippen molar-refractivity contribution in [3.05, 3.63) is 84.4 Å². The van der Waals surface area contributed by atoms with Gasteiger partial charge in [0, 0.05) is 19.9 Å². The van der Waals surface area contributed by atoms with Gasteiger partial charge >= 0.3 is 5.97 Å². The first kappa shape index (κ1) is 26.6. The van der Waals surface area contributed by atoms with Gasteiger partial charge in [0.25, 0.3) is 0 Å². The van der Waals surface area contributed by atoms with Gasteiger partial charge in [0.05, 0.1) is 13.2 Å². The monoisotopic (exact) mass is 480 g/mol. The fourth-order valence-corrected chi connectivity index (χ4v) is 3.98. The minimum Gasteiger partial charge on any atom is -0.454 e. The summed E-state index contributed by atoms with van der Waals surface area (Å²) < 4.78 is 24.1. The molecule has 1 fully saturated rings. The van der Waals surface area contributed by atoms with Crippen LogP contribution >= 0.6 is 0 Å². The van der Waals surface area contributed by atoms with Gasteiger partial charge in [-0.2, -0.15) is 5.10 Å². The highest BCUT2D eigenvalue weighted by atomic mass is 16.6. The highest BCUT2D eigenvalue weighted by Crippen LogP contribution is 2.19. The molecular formula is C28H36N2O5. The Labute approximate surface area is 208 Å². The minimum absolute atomic E-state index is 0.0896. The van der Waals surface area contributed by atoms with Gasteiger partial charge in [-0.05, 0) is 42.9 Å². The number of aryl methyl sites for hydroxylation is 2. The Morgan fingerprint density at radius 2 is 1.54 bits per heavy atom. The summed E-state index contributed by atoms with van der Waals surface area (Å²) in [5, 5.41) is 3.61. The zero-order valence-corrected chi connectivity index (χ0v) is 20.2. The van der Waals surface area contributed by atoms with E-state index in [-0.39, 0.29) is 13.2 Å². The number of rotatable bonds is 13. The van der Waals surface area contributed by atoms with Crippen LogP contribution in [0, 0.1) is 0 Å². The molecule has 1 aliphatic heterocycles. The van der Waals surface area contributed by atoms with Crippen LogP contribution in [0.15, 0.2) is 78.4 Å². The molecule has 2 aromatic carbocycles. The van der Waals surface area contributed by atoms with Crippen LogP contribution in [0.2, 0.25) is 0 Å². The third kappa shape index (κ3) is 8.94. The molecule has 0 radical (unpaired) electrons. The molecule has 7 nitrogen and oxygen atoms in total. The third-order valence-corrected chi connectivity index (χ3v) is 5.82. The molecule has 0 bridgehead atoms. The molecule has 35 heavy (non-hydrogen) atoms. The number of carbonyl (C=O) groups is 1. The Bertz CT molecular complexity index is 893. The van der Waals surface area contributed by atoms with E-state index in [9.17, 15) is 4.79 Å². The quantitative estimate of drug-likeness (QED) is 0.155. The standard InChI is InChI=1S/C28H36N2O5/c1-3-25-27(34-19-11-17-23-14-8-5-9-15-23)26(21-32-20-24(30-29-2)28(31)35-25)33-18-10-16-22-12-6-4-7-13-22/h3-9,12-15,24-27,30H,1-2,10-11,16-21H2/t24-,25-,26-,27-/m0/s1. The first-order valence-corrected chi connectivity index (χ1v) is 12.1. The van der Waals surface area contributed by atoms with Crippen LogP contribution in [0.5, 0.6) is 0 Å². The van der Waals surface area contributed by atoms with Crippen molar-refractivity contribution in [1.29, 1.82) is 0 Å². The summed E-state index contributed by atoms with van der Waals surface area (Å²) in [4.78, 5) is 12.7. The number of carbonyl (C=O) groups excluding carboxylic acids is 1. The van der Waals surface area contributed by atoms with Gasteiger partial charge in [-0.1, -0.05) is 67.2 Å². The highest BCUT2D eigenvalue weighted by Gasteiger charge is 2.36. The number of nitrogens with zero attached hydrogens (tertiary/aromatic N) is 1. The molecule has 7 heteroatoms. The lowest BCUT2D eigenvalue weighted by Gasteiger charge is -2.31. The first-order valence-electron chi connectivity index (χ1n) is 12.1. The summed E-state index contributed by atoms with van der Waals surface area (Å²) in [5.41, 5.74) is 5.16. The van der Waals surface area contributed by atoms with Crippen LogP contribution in [0.25, 0.3) is 0 Å². The fourth-order valence-electron chi connectivity index (χ4n) is 3.98. The van der Waals surface area contributed by atoms with E-state index in [0.717, 1.165) is 25.7 Å². The van der Waals surface area contributed by atoms with Crippen molar-refractivity contribution in [2.75, 3.05) is 26.4 Å². The maximum atomic E-state index is 12.7. The maximum absolute atomic E-state index is 12.7. The maximum Gasteiger partial charge on any atom is 0.333 e. The second kappa shape index (κ2) is 15.1. The van der Waals surface area contributed by atoms with Gasteiger partial charge in [0.1, 0.15) is 18.3 Å². The molecule has 3 rings (SSSR count). The summed E-state index contributed by atoms with van der Waals surface area (Å²) in [6.07, 6.45) is 3.41. The van der Waals surface area contributed by atoms with Gasteiger partial charge < -0.3 is 18.9 Å². The normalized spacial score (nSPS) is 22.8. The molecule has 0 saturated carbocycles. The highest BCUT2D eigenvalue weighted by molar-refractivity contribution is 5.76. The number of cyclic esters (lactones) is 1. The number of nitrogens with one attached hydrogen (secondary N) is 1. The summed E-state index contributed by atoms with van der Waals surface area (Å²) in [5.74, 6) is -0.495. The fraction of sp³-hybridized carbons (Fsp3) is 0.429. The molecule has 1 aliphatic rings. The van der Waals surface area contributed by atoms with Crippen LogP contribution in [0.3, 0.4) is 0 Å². The molecule has 188 valence electrons. The molecule has 0 unspecified atom stereocenters. The number of hydrogen-bond donors (Lipinski definition) is 1. The predicted octanol–water partition coefficient (Wildman–Crippen LogP) is 3.72. The number of hydrazone groups is 1. The van der Waals surface area contributed by atoms with E-state index in [0.29, 0.717) is 13.2 Å². The first-order chi connectivity index (χ1) is 17.2. The zero-order chi connectivity index (χ0) is 24.7. The Morgan fingerprint density at radius 3 is 2.11 bits per heavy atom. The van der Waals surface area contributed by atoms with E-state index in [2.05, 4.69) is 48.1 Å². The van der Waals surface area contributed by atoms with Crippen LogP contribution in [-0.2, 0) is 36.6 Å². The smallest absolute Gasteiger partial charge is 0.333 e. The van der Waals surface area contributed by atoms with E-state index in [1.54, 1.807) is 6.08 Å². The summed E-state index contributed by atoms with van der Waals surface area (Å²) >= 11 is 0. The van der Waals surface area contributed by atoms with Crippen molar-refractivity contribution in [3.8, 4) is 0 Å². The lowest BCUT2D eigenvalue weighted by molar-refractivity contribution is -0.164. The molecule has 2 aromatic rings. The molecule has 0 aromatic heterocycles. The van der Waals surface area contributed by atoms with Crippen molar-refractivity contribution in [2.45, 2.75) is 50.0 Å². The Kier molecular flexibility index (Phi) is 11.5. The topological polar surface area (TPSA) is 78.4 Å². The van der Waals surface area contributed by atoms with Gasteiger partial charge in [-0.25, -0.2) is 4.79 Å². The van der Waals surface area contributed by atoms with Crippen molar-refractivity contribution in [1.82, 2.24) is 5.43 Å². The minimum atomic E-state index is -0.759. The molecule has 0 spiro atoms. The second-order valence-electron chi connectivity index (χ2n) is 8.44. The number of esters is 1. The lowest BCUT2D eigenvalue weighted by atomic mass is 10.1. The van der Waals surface area contributed by atoms with Gasteiger partial charge in [-0.3, -0.25) is 5.43 Å². The number of benzene rings is 2. The second-order valence-corrected chi connectivity index (χ2v) is 8.44. The molecule has 4 atom stereocenters. The SMILES string of the molecule is C=C[C@@H]1OC(=O)[C@@H](NN=C)COC[C@H](OCCCc2ccccc2)[C@H]1OCCCc1ccccc1. The van der Waals surface area contributed by atoms with Crippen LogP contribution in [-0.4, -0.2) is 63.5 Å². The van der Waals surface area contributed by atoms with E-state index < -0.39 is 30.3 Å².